The summed E-state index contributed by atoms with van der Waals surface area (Å²) in [6.07, 6.45) is 2.82. The van der Waals surface area contributed by atoms with Crippen LogP contribution in [0.3, 0.4) is 0 Å². The summed E-state index contributed by atoms with van der Waals surface area (Å²) >= 11 is 0. The van der Waals surface area contributed by atoms with Gasteiger partial charge in [-0.05, 0) is 44.1 Å². The number of likely N-dealkylation sites (N-methyl/N-ethyl adjacent to an activating group) is 1. The van der Waals surface area contributed by atoms with Gasteiger partial charge < -0.3 is 24.6 Å². The number of esters is 1. The van der Waals surface area contributed by atoms with Gasteiger partial charge in [-0.3, -0.25) is 9.59 Å². The van der Waals surface area contributed by atoms with Gasteiger partial charge in [-0.1, -0.05) is 26.8 Å². The maximum Gasteiger partial charge on any atom is 0.314 e. The first-order valence-electron chi connectivity index (χ1n) is 11.5. The lowest BCUT2D eigenvalue weighted by atomic mass is 9.50. The smallest absolute Gasteiger partial charge is 0.314 e. The average molecular weight is 442 g/mol. The molecule has 2 heterocycles. The third-order valence-corrected chi connectivity index (χ3v) is 8.13. The fourth-order valence-corrected chi connectivity index (χ4v) is 6.28. The molecule has 1 spiro atoms. The molecular weight excluding hydrogens is 410 g/mol. The summed E-state index contributed by atoms with van der Waals surface area (Å²) in [5.41, 5.74) is 0.0444. The third kappa shape index (κ3) is 2.67. The summed E-state index contributed by atoms with van der Waals surface area (Å²) in [6, 6.07) is 3.45. The van der Waals surface area contributed by atoms with Gasteiger partial charge >= 0.3 is 5.97 Å². The molecule has 7 nitrogen and oxygen atoms in total. The zero-order chi connectivity index (χ0) is 23.0. The SMILES string of the molecule is CC(C)C(=O)C[C@@H](C)C(=O)OC1=CC[C@@]2(O)[C@H]3Cc4ccc(O)c5c4C2(CCN3C)C1O5. The second kappa shape index (κ2) is 7.06. The van der Waals surface area contributed by atoms with E-state index < -0.39 is 29.0 Å². The van der Waals surface area contributed by atoms with Gasteiger partial charge in [-0.2, -0.15) is 0 Å². The van der Waals surface area contributed by atoms with E-state index in [1.54, 1.807) is 19.1 Å². The van der Waals surface area contributed by atoms with Crippen LogP contribution in [-0.4, -0.2) is 58.2 Å². The molecule has 7 heteroatoms. The Labute approximate surface area is 188 Å². The van der Waals surface area contributed by atoms with Crippen LogP contribution in [0.25, 0.3) is 0 Å². The number of phenolic OH excluding ortho intramolecular Hbond substituents is 1. The third-order valence-electron chi connectivity index (χ3n) is 8.13. The second-order valence-electron chi connectivity index (χ2n) is 10.2. The number of likely N-dealkylation sites (tertiary alicyclic amines) is 1. The molecular formula is C25H31NO6. The van der Waals surface area contributed by atoms with Crippen LogP contribution in [0.2, 0.25) is 0 Å². The van der Waals surface area contributed by atoms with Gasteiger partial charge in [-0.25, -0.2) is 0 Å². The molecule has 4 aliphatic rings. The molecule has 2 N–H and O–H groups in total. The van der Waals surface area contributed by atoms with Crippen molar-refractivity contribution in [3.63, 3.8) is 0 Å². The Hall–Kier alpha value is -2.38. The number of piperidine rings is 1. The summed E-state index contributed by atoms with van der Waals surface area (Å²) in [5, 5.41) is 22.6. The number of hydrogen-bond acceptors (Lipinski definition) is 7. The van der Waals surface area contributed by atoms with Crippen molar-refractivity contribution >= 4 is 11.8 Å². The molecule has 1 aromatic carbocycles. The van der Waals surface area contributed by atoms with E-state index in [1.807, 2.05) is 27.0 Å². The number of aliphatic hydroxyl groups is 1. The maximum absolute atomic E-state index is 12.9. The topological polar surface area (TPSA) is 96.3 Å². The largest absolute Gasteiger partial charge is 0.504 e. The molecule has 0 radical (unpaired) electrons. The zero-order valence-electron chi connectivity index (χ0n) is 19.1. The van der Waals surface area contributed by atoms with E-state index >= 15 is 0 Å². The highest BCUT2D eigenvalue weighted by atomic mass is 16.6. The summed E-state index contributed by atoms with van der Waals surface area (Å²) in [4.78, 5) is 27.2. The molecule has 2 bridgehead atoms. The minimum atomic E-state index is -1.09. The van der Waals surface area contributed by atoms with Crippen LogP contribution in [0.5, 0.6) is 11.5 Å². The molecule has 2 unspecified atom stereocenters. The Morgan fingerprint density at radius 1 is 1.31 bits per heavy atom. The molecule has 2 aliphatic heterocycles. The number of phenols is 1. The Bertz CT molecular complexity index is 1030. The summed E-state index contributed by atoms with van der Waals surface area (Å²) in [5.74, 6) is -0.375. The number of nitrogens with zero attached hydrogens (tertiary/aromatic N) is 1. The molecule has 0 aromatic heterocycles. The van der Waals surface area contributed by atoms with Crippen LogP contribution >= 0.6 is 0 Å². The molecule has 32 heavy (non-hydrogen) atoms. The number of ketones is 1. The predicted molar refractivity (Wildman–Crippen MR) is 116 cm³/mol. The minimum absolute atomic E-state index is 0.0181. The average Bonchev–Trinajstić information content (AvgIpc) is 3.10. The number of ether oxygens (including phenoxy) is 2. The lowest BCUT2D eigenvalue weighted by Gasteiger charge is -2.61. The van der Waals surface area contributed by atoms with Crippen LogP contribution in [-0.2, 0) is 26.2 Å². The van der Waals surface area contributed by atoms with Crippen molar-refractivity contribution in [1.82, 2.24) is 4.90 Å². The molecule has 5 rings (SSSR count). The van der Waals surface area contributed by atoms with Crippen molar-refractivity contribution < 1.29 is 29.3 Å². The van der Waals surface area contributed by atoms with Crippen molar-refractivity contribution in [2.45, 2.75) is 69.6 Å². The van der Waals surface area contributed by atoms with E-state index in [1.165, 1.54) is 0 Å². The number of Topliss-reactive ketones (excluding diaryl/α,β-unsaturated/α-hetero) is 1. The number of hydrogen-bond donors (Lipinski definition) is 2. The van der Waals surface area contributed by atoms with Gasteiger partial charge in [0.2, 0.25) is 0 Å². The molecule has 0 amide bonds. The molecule has 2 aliphatic carbocycles. The first-order chi connectivity index (χ1) is 15.1. The van der Waals surface area contributed by atoms with Gasteiger partial charge in [0.25, 0.3) is 0 Å². The molecule has 1 fully saturated rings. The highest BCUT2D eigenvalue weighted by Gasteiger charge is 2.72. The Morgan fingerprint density at radius 3 is 2.78 bits per heavy atom. The van der Waals surface area contributed by atoms with Crippen molar-refractivity contribution in [1.29, 1.82) is 0 Å². The van der Waals surface area contributed by atoms with Crippen LogP contribution in [0.1, 0.15) is 51.2 Å². The standard InChI is InChI=1S/C25H31NO6/c1-13(2)17(28)11-14(3)23(29)31-18-7-8-25(30)19-12-15-5-6-16(27)21-20(15)24(25,22(18)32-21)9-10-26(19)4/h5-7,13-14,19,22,27,30H,8-12H2,1-4H3/t14-,19-,22?,24?,25-/m1/s1. The molecule has 1 saturated heterocycles. The first-order valence-corrected chi connectivity index (χ1v) is 11.5. The van der Waals surface area contributed by atoms with Gasteiger partial charge in [0, 0.05) is 30.4 Å². The van der Waals surface area contributed by atoms with E-state index in [4.69, 9.17) is 9.47 Å². The highest BCUT2D eigenvalue weighted by Crippen LogP contribution is 2.65. The van der Waals surface area contributed by atoms with Gasteiger partial charge in [0.15, 0.2) is 17.6 Å². The van der Waals surface area contributed by atoms with Crippen molar-refractivity contribution in [2.24, 2.45) is 11.8 Å². The van der Waals surface area contributed by atoms with Gasteiger partial charge in [0.1, 0.15) is 11.5 Å². The number of benzene rings is 1. The van der Waals surface area contributed by atoms with Crippen LogP contribution in [0, 0.1) is 11.8 Å². The summed E-state index contributed by atoms with van der Waals surface area (Å²) in [7, 11) is 2.03. The number of carbonyl (C=O) groups excluding carboxylic acids is 2. The van der Waals surface area contributed by atoms with Crippen molar-refractivity contribution in [3.8, 4) is 11.5 Å². The van der Waals surface area contributed by atoms with Crippen LogP contribution in [0.15, 0.2) is 24.0 Å². The van der Waals surface area contributed by atoms with Gasteiger partial charge in [0.05, 0.1) is 16.9 Å². The second-order valence-corrected chi connectivity index (χ2v) is 10.2. The highest BCUT2D eigenvalue weighted by molar-refractivity contribution is 5.85. The lowest BCUT2D eigenvalue weighted by molar-refractivity contribution is -0.170. The minimum Gasteiger partial charge on any atom is -0.504 e. The maximum atomic E-state index is 12.9. The molecule has 5 atom stereocenters. The normalized spacial score (nSPS) is 33.2. The van der Waals surface area contributed by atoms with Crippen molar-refractivity contribution in [3.05, 3.63) is 35.1 Å². The fourth-order valence-electron chi connectivity index (χ4n) is 6.28. The Kier molecular flexibility index (Phi) is 4.73. The van der Waals surface area contributed by atoms with E-state index in [-0.39, 0.29) is 29.9 Å². The molecule has 1 aromatic rings. The lowest BCUT2D eigenvalue weighted by Crippen LogP contribution is -2.74. The number of carbonyl (C=O) groups is 2. The Morgan fingerprint density at radius 2 is 2.06 bits per heavy atom. The Balaban J connectivity index is 1.53. The van der Waals surface area contributed by atoms with E-state index in [9.17, 15) is 19.8 Å². The first kappa shape index (κ1) is 21.5. The molecule has 0 saturated carbocycles. The summed E-state index contributed by atoms with van der Waals surface area (Å²) in [6.45, 7) is 6.09. The molecule has 172 valence electrons. The van der Waals surface area contributed by atoms with Crippen LogP contribution < -0.4 is 4.74 Å². The van der Waals surface area contributed by atoms with E-state index in [0.29, 0.717) is 30.8 Å². The van der Waals surface area contributed by atoms with Crippen molar-refractivity contribution in [2.75, 3.05) is 13.6 Å². The number of rotatable bonds is 5. The van der Waals surface area contributed by atoms with Crippen LogP contribution in [0.4, 0.5) is 0 Å². The monoisotopic (exact) mass is 441 g/mol. The predicted octanol–water partition coefficient (Wildman–Crippen LogP) is 2.46. The van der Waals surface area contributed by atoms with Gasteiger partial charge in [-0.15, -0.1) is 0 Å². The van der Waals surface area contributed by atoms with E-state index in [0.717, 1.165) is 17.7 Å². The number of aromatic hydroxyl groups is 1. The fraction of sp³-hybridized carbons (Fsp3) is 0.600. The zero-order valence-corrected chi connectivity index (χ0v) is 19.1. The summed E-state index contributed by atoms with van der Waals surface area (Å²) < 4.78 is 12.1. The quantitative estimate of drug-likeness (QED) is 0.678. The van der Waals surface area contributed by atoms with E-state index in [2.05, 4.69) is 4.90 Å².